The Bertz CT molecular complexity index is 4040. The summed E-state index contributed by atoms with van der Waals surface area (Å²) in [5.74, 6) is 26.2. The Balaban J connectivity index is 0.700. The number of para-hydroxylation sites is 1. The summed E-state index contributed by atoms with van der Waals surface area (Å²) in [7, 11) is 1.84. The van der Waals surface area contributed by atoms with Crippen LogP contribution in [0.3, 0.4) is 0 Å². The number of methoxy groups -OCH3 is 1. The van der Waals surface area contributed by atoms with Crippen molar-refractivity contribution >= 4 is 34.1 Å². The number of benzene rings is 5. The van der Waals surface area contributed by atoms with Crippen LogP contribution in [0.2, 0.25) is 0 Å². The Kier molecular flexibility index (Phi) is 11.2. The molecule has 0 amide bonds. The van der Waals surface area contributed by atoms with Crippen molar-refractivity contribution in [3.05, 3.63) is 164 Å². The van der Waals surface area contributed by atoms with Crippen LogP contribution in [0.4, 0.5) is 34.1 Å². The molecular formula is C88H103N3O2. The van der Waals surface area contributed by atoms with Gasteiger partial charge in [0, 0.05) is 66.2 Å². The van der Waals surface area contributed by atoms with Gasteiger partial charge in [-0.1, -0.05) is 118 Å². The van der Waals surface area contributed by atoms with Gasteiger partial charge in [-0.05, 0) is 319 Å². The number of hydrogen-bond donors (Lipinski definition) is 0. The molecule has 93 heavy (non-hydrogen) atoms. The summed E-state index contributed by atoms with van der Waals surface area (Å²) in [6.07, 6.45) is 12.5. The van der Waals surface area contributed by atoms with Crippen LogP contribution in [-0.2, 0) is 20.3 Å². The van der Waals surface area contributed by atoms with E-state index in [0.717, 1.165) is 161 Å². The quantitative estimate of drug-likeness (QED) is 0.0865. The summed E-state index contributed by atoms with van der Waals surface area (Å²) in [5, 5.41) is 0. The molecule has 0 aromatic heterocycles. The normalized spacial score (nSPS) is 44.4. The maximum atomic E-state index is 6.66. The standard InChI is InChI=1S/C88H103N3O2/c1-42-29-54(86(5,6)7)30-43(2)83(42)90(56-15-13-12-14-16-56)58-21-23-59(24-22-58)91(84-44(3)31-55(32-45(84)4)87(8,9)10)57-19-17-46(18-20-57)85-88-40-53-38-51-36-48-33-47-34-50-35-49-37-52-39-60(61(88)41-89(85)25-26-93-28-27-92-11)69-74-65(52)64(49)71-66(50)70-62(47)63(48)72-67(51)73-68(53)82(88)81(69)80-78(73)76(72)75(70)77(71)79(74)80/h12-24,29-32,47-51,53,61-64,66-68,70-82,85H,25-28,33-41H2,1-11H3. The molecule has 5 aromatic carbocycles. The number of aryl methyl sites for hydroxylation is 4. The number of anilines is 6. The molecule has 14 fully saturated rings. The van der Waals surface area contributed by atoms with E-state index in [2.05, 4.69) is 209 Å². The van der Waals surface area contributed by atoms with Crippen LogP contribution in [0.15, 0.2) is 125 Å². The summed E-state index contributed by atoms with van der Waals surface area (Å²) >= 11 is 0. The zero-order valence-corrected chi connectivity index (χ0v) is 57.8. The molecule has 1 spiro atoms. The van der Waals surface area contributed by atoms with Gasteiger partial charge in [0.25, 0.3) is 0 Å². The van der Waals surface area contributed by atoms with Gasteiger partial charge in [0.05, 0.1) is 31.2 Å². The smallest absolute Gasteiger partial charge is 0.0700 e. The third-order valence-corrected chi connectivity index (χ3v) is 32.9. The minimum Gasteiger partial charge on any atom is -0.382 e. The number of ether oxygens (including phenoxy) is 2. The van der Waals surface area contributed by atoms with Crippen molar-refractivity contribution in [1.29, 1.82) is 0 Å². The average Bonchev–Trinajstić information content (AvgIpc) is 1.44. The first kappa shape index (κ1) is 56.1. The van der Waals surface area contributed by atoms with Gasteiger partial charge in [-0.2, -0.15) is 0 Å². The van der Waals surface area contributed by atoms with E-state index >= 15 is 0 Å². The van der Waals surface area contributed by atoms with Crippen LogP contribution >= 0.6 is 0 Å². The molecule has 5 aromatic rings. The van der Waals surface area contributed by atoms with Crippen LogP contribution < -0.4 is 9.80 Å². The highest BCUT2D eigenvalue weighted by Gasteiger charge is 2.88. The Morgan fingerprint density at radius 2 is 0.957 bits per heavy atom. The Morgan fingerprint density at radius 1 is 0.484 bits per heavy atom. The molecule has 482 valence electrons. The topological polar surface area (TPSA) is 28.2 Å². The van der Waals surface area contributed by atoms with Gasteiger partial charge in [0.2, 0.25) is 0 Å². The Morgan fingerprint density at radius 3 is 1.53 bits per heavy atom. The lowest BCUT2D eigenvalue weighted by atomic mass is 9.41. The van der Waals surface area contributed by atoms with Crippen molar-refractivity contribution < 1.29 is 9.47 Å². The van der Waals surface area contributed by atoms with Gasteiger partial charge >= 0.3 is 0 Å². The van der Waals surface area contributed by atoms with Crippen LogP contribution in [0, 0.1) is 187 Å². The minimum absolute atomic E-state index is 0.0425. The van der Waals surface area contributed by atoms with Gasteiger partial charge in [0.15, 0.2) is 0 Å². The molecule has 1 heterocycles. The second-order valence-electron chi connectivity index (χ2n) is 37.8. The van der Waals surface area contributed by atoms with E-state index in [1.54, 1.807) is 37.7 Å². The van der Waals surface area contributed by atoms with Gasteiger partial charge in [-0.15, -0.1) is 0 Å². The second kappa shape index (κ2) is 18.6. The van der Waals surface area contributed by atoms with Gasteiger partial charge in [-0.3, -0.25) is 4.90 Å². The molecule has 22 rings (SSSR count). The van der Waals surface area contributed by atoms with E-state index in [0.29, 0.717) is 25.2 Å². The van der Waals surface area contributed by atoms with Crippen LogP contribution in [0.25, 0.3) is 0 Å². The fraction of sp³-hybridized carbons (Fsp3) is 0.614. The van der Waals surface area contributed by atoms with Gasteiger partial charge in [-0.25, -0.2) is 0 Å². The minimum atomic E-state index is 0.0425. The fourth-order valence-corrected chi connectivity index (χ4v) is 32.1. The number of nitrogens with zero attached hydrogens (tertiary/aromatic N) is 3. The monoisotopic (exact) mass is 1230 g/mol. The number of hydrogen-bond acceptors (Lipinski definition) is 5. The summed E-state index contributed by atoms with van der Waals surface area (Å²) in [4.78, 5) is 8.27. The van der Waals surface area contributed by atoms with Crippen molar-refractivity contribution in [2.45, 2.75) is 137 Å². The molecule has 16 aliphatic carbocycles. The molecule has 5 nitrogen and oxygen atoms in total. The fourth-order valence-electron chi connectivity index (χ4n) is 32.1. The summed E-state index contributed by atoms with van der Waals surface area (Å²) in [6.45, 7) is 27.9. The van der Waals surface area contributed by atoms with Crippen molar-refractivity contribution in [2.24, 2.45) is 159 Å². The van der Waals surface area contributed by atoms with Crippen molar-refractivity contribution in [3.8, 4) is 0 Å². The first-order valence-corrected chi connectivity index (χ1v) is 38.4. The highest BCUT2D eigenvalue weighted by Crippen LogP contribution is 2.93. The van der Waals surface area contributed by atoms with E-state index in [1.165, 1.54) is 93.3 Å². The molecule has 0 bridgehead atoms. The lowest BCUT2D eigenvalue weighted by molar-refractivity contribution is -0.149. The van der Waals surface area contributed by atoms with Crippen LogP contribution in [-0.4, -0.2) is 44.9 Å². The molecule has 5 heteroatoms. The van der Waals surface area contributed by atoms with Crippen molar-refractivity contribution in [2.75, 3.05) is 49.8 Å². The molecular weight excluding hydrogens is 1130 g/mol. The molecule has 1 aliphatic heterocycles. The molecule has 13 saturated carbocycles. The third-order valence-electron chi connectivity index (χ3n) is 32.9. The highest BCUT2D eigenvalue weighted by molar-refractivity contribution is 5.85. The molecule has 28 atom stereocenters. The van der Waals surface area contributed by atoms with Gasteiger partial charge in [0.1, 0.15) is 0 Å². The summed E-state index contributed by atoms with van der Waals surface area (Å²) in [5.41, 5.74) is 26.0. The van der Waals surface area contributed by atoms with E-state index in [-0.39, 0.29) is 16.2 Å². The predicted octanol–water partition coefficient (Wildman–Crippen LogP) is 19.4. The number of allylic oxidation sites excluding steroid dienone is 3. The van der Waals surface area contributed by atoms with E-state index in [9.17, 15) is 0 Å². The lowest BCUT2D eigenvalue weighted by Crippen LogP contribution is -2.59. The Hall–Kier alpha value is -4.94. The van der Waals surface area contributed by atoms with E-state index in [1.807, 2.05) is 7.11 Å². The first-order chi connectivity index (χ1) is 45.0. The predicted molar refractivity (Wildman–Crippen MR) is 373 cm³/mol. The lowest BCUT2D eigenvalue weighted by Gasteiger charge is -2.62. The maximum Gasteiger partial charge on any atom is 0.0700 e. The maximum absolute atomic E-state index is 6.66. The molecule has 1 saturated heterocycles. The zero-order valence-electron chi connectivity index (χ0n) is 57.8. The summed E-state index contributed by atoms with van der Waals surface area (Å²) < 4.78 is 12.3. The van der Waals surface area contributed by atoms with E-state index in [4.69, 9.17) is 9.47 Å². The SMILES string of the molecule is COCCOCCN1CC2C3=C4C5C6=C(C3)CC3CC7CC8CC9CC%10CC%11CC2(C2C4C4C5C5C(C63)C7C3C8C9C6C%10C(C4C6C35)C%112)C1c1ccc(N(c2ccc(N(c3ccccc3)c3c(C)cc(C(C)(C)C)cc3C)cc2)c2c(C)cc(C(C)(C)C)cc2C)cc1. The van der Waals surface area contributed by atoms with Gasteiger partial charge < -0.3 is 19.3 Å². The molecule has 0 N–H and O–H groups in total. The molecule has 17 aliphatic rings. The zero-order chi connectivity index (χ0) is 62.3. The molecule has 28 unspecified atom stereocenters. The summed E-state index contributed by atoms with van der Waals surface area (Å²) in [6, 6.07) is 41.6. The average molecular weight is 1230 g/mol. The third kappa shape index (κ3) is 6.77. The van der Waals surface area contributed by atoms with Crippen LogP contribution in [0.1, 0.15) is 138 Å². The Labute approximate surface area is 556 Å². The van der Waals surface area contributed by atoms with Crippen molar-refractivity contribution in [3.63, 3.8) is 0 Å². The van der Waals surface area contributed by atoms with E-state index < -0.39 is 0 Å². The highest BCUT2D eigenvalue weighted by atomic mass is 16.5. The van der Waals surface area contributed by atoms with Crippen LogP contribution in [0.5, 0.6) is 0 Å². The number of likely N-dealkylation sites (tertiary alicyclic amines) is 1. The number of rotatable bonds is 13. The second-order valence-corrected chi connectivity index (χ2v) is 37.8. The first-order valence-electron chi connectivity index (χ1n) is 38.4. The molecule has 0 radical (unpaired) electrons. The van der Waals surface area contributed by atoms with Crippen molar-refractivity contribution in [1.82, 2.24) is 4.90 Å². The number of fused-ring (bicyclic) bond motifs is 1. The largest absolute Gasteiger partial charge is 0.382 e.